The highest BCUT2D eigenvalue weighted by Gasteiger charge is 2.36. The lowest BCUT2D eigenvalue weighted by atomic mass is 10.1. The fourth-order valence-corrected chi connectivity index (χ4v) is 3.70. The van der Waals surface area contributed by atoms with Gasteiger partial charge >= 0.3 is 0 Å². The number of aryl methyl sites for hydroxylation is 1. The van der Waals surface area contributed by atoms with Crippen molar-refractivity contribution in [3.05, 3.63) is 71.5 Å². The minimum atomic E-state index is -0.393. The molecule has 8 nitrogen and oxygen atoms in total. The smallest absolute Gasteiger partial charge is 0.240 e. The third-order valence-corrected chi connectivity index (χ3v) is 5.20. The number of carbonyl (C=O) groups excluding carboxylic acids is 1. The number of rotatable bonds is 7. The van der Waals surface area contributed by atoms with Crippen LogP contribution in [0.25, 0.3) is 0 Å². The summed E-state index contributed by atoms with van der Waals surface area (Å²) in [6.07, 6.45) is 0.370. The van der Waals surface area contributed by atoms with Gasteiger partial charge in [0.05, 0.1) is 25.3 Å². The summed E-state index contributed by atoms with van der Waals surface area (Å²) in [5, 5.41) is 3.87. The van der Waals surface area contributed by atoms with Gasteiger partial charge < -0.3 is 14.2 Å². The van der Waals surface area contributed by atoms with Gasteiger partial charge in [0.1, 0.15) is 0 Å². The number of hydrogen-bond acceptors (Lipinski definition) is 7. The molecular weight excluding hydrogens is 382 g/mol. The number of benzene rings is 1. The van der Waals surface area contributed by atoms with E-state index in [0.29, 0.717) is 43.7 Å². The van der Waals surface area contributed by atoms with Gasteiger partial charge in [0.15, 0.2) is 5.82 Å². The number of amides is 1. The highest BCUT2D eigenvalue weighted by molar-refractivity contribution is 5.83. The minimum absolute atomic E-state index is 0.0591. The highest BCUT2D eigenvalue weighted by atomic mass is 16.5. The standard InChI is InChI=1S/C22H25N5O3/c1-16-23-21(30-25-16)13-19-22(28)27(14-17-7-4-3-5-8-17)12-11-26(19)15-18-9-6-10-20(24-18)29-2/h3-10,19H,11-15H2,1-2H3. The molecule has 1 saturated heterocycles. The van der Waals surface area contributed by atoms with Gasteiger partial charge in [0.2, 0.25) is 17.7 Å². The second kappa shape index (κ2) is 9.04. The van der Waals surface area contributed by atoms with E-state index >= 15 is 0 Å². The average Bonchev–Trinajstić information content (AvgIpc) is 3.18. The van der Waals surface area contributed by atoms with Crippen molar-refractivity contribution in [3.8, 4) is 5.88 Å². The Morgan fingerprint density at radius 3 is 2.63 bits per heavy atom. The molecule has 1 aliphatic rings. The molecule has 2 aromatic heterocycles. The van der Waals surface area contributed by atoms with E-state index in [9.17, 15) is 4.79 Å². The zero-order valence-corrected chi connectivity index (χ0v) is 17.2. The number of methoxy groups -OCH3 is 1. The van der Waals surface area contributed by atoms with E-state index in [1.165, 1.54) is 0 Å². The van der Waals surface area contributed by atoms with E-state index in [2.05, 4.69) is 20.0 Å². The van der Waals surface area contributed by atoms with Gasteiger partial charge in [0, 0.05) is 32.2 Å². The first-order chi connectivity index (χ1) is 14.6. The van der Waals surface area contributed by atoms with Crippen molar-refractivity contribution in [1.29, 1.82) is 0 Å². The second-order valence-corrected chi connectivity index (χ2v) is 7.34. The van der Waals surface area contributed by atoms with Crippen molar-refractivity contribution < 1.29 is 14.1 Å². The predicted molar refractivity (Wildman–Crippen MR) is 110 cm³/mol. The summed E-state index contributed by atoms with van der Waals surface area (Å²) >= 11 is 0. The van der Waals surface area contributed by atoms with Crippen LogP contribution in [0.1, 0.15) is 23.0 Å². The van der Waals surface area contributed by atoms with Crippen LogP contribution in [0, 0.1) is 6.92 Å². The van der Waals surface area contributed by atoms with Crippen LogP contribution in [0.4, 0.5) is 0 Å². The molecule has 4 rings (SSSR count). The lowest BCUT2D eigenvalue weighted by Crippen LogP contribution is -2.57. The Bertz CT molecular complexity index is 991. The van der Waals surface area contributed by atoms with Gasteiger partial charge in [-0.25, -0.2) is 4.98 Å². The molecule has 0 spiro atoms. The quantitative estimate of drug-likeness (QED) is 0.594. The molecule has 1 aromatic carbocycles. The van der Waals surface area contributed by atoms with Gasteiger partial charge in [-0.05, 0) is 18.6 Å². The topological polar surface area (TPSA) is 84.6 Å². The fraction of sp³-hybridized carbons (Fsp3) is 0.364. The Labute approximate surface area is 175 Å². The lowest BCUT2D eigenvalue weighted by Gasteiger charge is -2.40. The van der Waals surface area contributed by atoms with Crippen molar-refractivity contribution in [3.63, 3.8) is 0 Å². The van der Waals surface area contributed by atoms with Crippen LogP contribution in [0.3, 0.4) is 0 Å². The maximum atomic E-state index is 13.4. The van der Waals surface area contributed by atoms with Crippen LogP contribution in [-0.2, 0) is 24.3 Å². The Kier molecular flexibility index (Phi) is 6.04. The van der Waals surface area contributed by atoms with Gasteiger partial charge in [-0.3, -0.25) is 9.69 Å². The summed E-state index contributed by atoms with van der Waals surface area (Å²) in [5.41, 5.74) is 1.96. The summed E-state index contributed by atoms with van der Waals surface area (Å²) in [5.74, 6) is 1.65. The molecule has 3 heterocycles. The molecule has 1 unspecified atom stereocenters. The van der Waals surface area contributed by atoms with E-state index in [-0.39, 0.29) is 5.91 Å². The minimum Gasteiger partial charge on any atom is -0.481 e. The number of ether oxygens (including phenoxy) is 1. The van der Waals surface area contributed by atoms with Gasteiger partial charge in [0.25, 0.3) is 0 Å². The first-order valence-electron chi connectivity index (χ1n) is 9.98. The summed E-state index contributed by atoms with van der Waals surface area (Å²) in [7, 11) is 1.60. The molecular formula is C22H25N5O3. The van der Waals surface area contributed by atoms with Crippen molar-refractivity contribution in [1.82, 2.24) is 24.9 Å². The van der Waals surface area contributed by atoms with Crippen LogP contribution < -0.4 is 4.74 Å². The van der Waals surface area contributed by atoms with Crippen LogP contribution in [0.15, 0.2) is 53.1 Å². The van der Waals surface area contributed by atoms with Crippen molar-refractivity contribution >= 4 is 5.91 Å². The molecule has 1 amide bonds. The molecule has 1 fully saturated rings. The molecule has 0 saturated carbocycles. The zero-order chi connectivity index (χ0) is 20.9. The number of piperazine rings is 1. The van der Waals surface area contributed by atoms with Gasteiger partial charge in [-0.1, -0.05) is 41.6 Å². The largest absolute Gasteiger partial charge is 0.481 e. The SMILES string of the molecule is COc1cccc(CN2CCN(Cc3ccccc3)C(=O)C2Cc2nc(C)no2)n1. The second-order valence-electron chi connectivity index (χ2n) is 7.34. The average molecular weight is 407 g/mol. The Balaban J connectivity index is 1.54. The molecule has 1 aliphatic heterocycles. The maximum absolute atomic E-state index is 13.4. The molecule has 156 valence electrons. The maximum Gasteiger partial charge on any atom is 0.240 e. The third kappa shape index (κ3) is 4.65. The van der Waals surface area contributed by atoms with E-state index in [0.717, 1.165) is 17.8 Å². The molecule has 0 N–H and O–H groups in total. The van der Waals surface area contributed by atoms with E-state index in [1.807, 2.05) is 53.4 Å². The Morgan fingerprint density at radius 2 is 1.90 bits per heavy atom. The number of nitrogens with zero attached hydrogens (tertiary/aromatic N) is 5. The molecule has 8 heteroatoms. The van der Waals surface area contributed by atoms with E-state index in [4.69, 9.17) is 9.26 Å². The summed E-state index contributed by atoms with van der Waals surface area (Å²) < 4.78 is 10.5. The monoisotopic (exact) mass is 407 g/mol. The first kappa shape index (κ1) is 20.0. The van der Waals surface area contributed by atoms with Crippen LogP contribution in [0.5, 0.6) is 5.88 Å². The summed E-state index contributed by atoms with van der Waals surface area (Å²) in [4.78, 5) is 26.3. The normalized spacial score (nSPS) is 17.3. The Hall–Kier alpha value is -3.26. The van der Waals surface area contributed by atoms with Crippen LogP contribution in [-0.4, -0.2) is 57.1 Å². The van der Waals surface area contributed by atoms with E-state index in [1.54, 1.807) is 14.0 Å². The summed E-state index contributed by atoms with van der Waals surface area (Å²) in [6.45, 7) is 4.28. The van der Waals surface area contributed by atoms with Crippen molar-refractivity contribution in [2.45, 2.75) is 32.5 Å². The van der Waals surface area contributed by atoms with Crippen molar-refractivity contribution in [2.24, 2.45) is 0 Å². The third-order valence-electron chi connectivity index (χ3n) is 5.20. The van der Waals surface area contributed by atoms with Gasteiger partial charge in [-0.15, -0.1) is 0 Å². The first-order valence-corrected chi connectivity index (χ1v) is 9.98. The molecule has 0 aliphatic carbocycles. The van der Waals surface area contributed by atoms with Crippen molar-refractivity contribution in [2.75, 3.05) is 20.2 Å². The van der Waals surface area contributed by atoms with Crippen LogP contribution in [0.2, 0.25) is 0 Å². The highest BCUT2D eigenvalue weighted by Crippen LogP contribution is 2.21. The fourth-order valence-electron chi connectivity index (χ4n) is 3.70. The molecule has 0 radical (unpaired) electrons. The Morgan fingerprint density at radius 1 is 1.07 bits per heavy atom. The van der Waals surface area contributed by atoms with Crippen LogP contribution >= 0.6 is 0 Å². The van der Waals surface area contributed by atoms with E-state index < -0.39 is 6.04 Å². The van der Waals surface area contributed by atoms with Gasteiger partial charge in [-0.2, -0.15) is 4.98 Å². The number of carbonyl (C=O) groups is 1. The predicted octanol–water partition coefficient (Wildman–Crippen LogP) is 2.24. The molecule has 0 bridgehead atoms. The lowest BCUT2D eigenvalue weighted by molar-refractivity contribution is -0.143. The number of aromatic nitrogens is 3. The molecule has 3 aromatic rings. The molecule has 30 heavy (non-hydrogen) atoms. The number of pyridine rings is 1. The summed E-state index contributed by atoms with van der Waals surface area (Å²) in [6, 6.07) is 15.3. The number of hydrogen-bond donors (Lipinski definition) is 0. The zero-order valence-electron chi connectivity index (χ0n) is 17.2. The molecule has 1 atom stereocenters.